The highest BCUT2D eigenvalue weighted by molar-refractivity contribution is 5.95. The minimum absolute atomic E-state index is 0.0190. The Balaban J connectivity index is 1.61. The van der Waals surface area contributed by atoms with Gasteiger partial charge in [-0.1, -0.05) is 18.2 Å². The van der Waals surface area contributed by atoms with Crippen molar-refractivity contribution in [1.29, 1.82) is 0 Å². The first kappa shape index (κ1) is 28.5. The first-order chi connectivity index (χ1) is 19.2. The number of amides is 1. The minimum Gasteiger partial charge on any atom is -0.493 e. The number of carboxylic acids is 2. The molecule has 1 aliphatic rings. The van der Waals surface area contributed by atoms with Gasteiger partial charge in [0, 0.05) is 44.5 Å². The predicted molar refractivity (Wildman–Crippen MR) is 148 cm³/mol. The second kappa shape index (κ2) is 13.0. The van der Waals surface area contributed by atoms with Crippen molar-refractivity contribution in [3.05, 3.63) is 76.9 Å². The third-order valence-electron chi connectivity index (χ3n) is 6.59. The topological polar surface area (TPSA) is 123 Å². The van der Waals surface area contributed by atoms with Gasteiger partial charge in [0.1, 0.15) is 23.9 Å². The van der Waals surface area contributed by atoms with Crippen LogP contribution in [0.2, 0.25) is 0 Å². The third kappa shape index (κ3) is 7.31. The number of aliphatic carboxylic acids is 2. The number of carbonyl (C=O) groups excluding carboxylic acids is 1. The summed E-state index contributed by atoms with van der Waals surface area (Å²) in [7, 11) is 3.39. The molecule has 9 heteroatoms. The average Bonchev–Trinajstić information content (AvgIpc) is 3.40. The molecule has 0 aromatic heterocycles. The van der Waals surface area contributed by atoms with E-state index in [2.05, 4.69) is 6.07 Å². The molecule has 3 aromatic carbocycles. The molecule has 9 nitrogen and oxygen atoms in total. The van der Waals surface area contributed by atoms with Crippen LogP contribution in [0.15, 0.2) is 54.6 Å². The standard InChI is InChI=1S/C31H33NO8/c1-32(2)31(37)24-16-23(20-8-10-27-21(15-20)12-14-39-27)17-25(18-24)40-19-22-5-3-6-28(26(22)9-11-30(35)36)38-13-4-7-29(33)34/h3,5-6,8,10,15-18H,4,7,9,11-14,19H2,1-2H3,(H,33,34)(H,35,36). The summed E-state index contributed by atoms with van der Waals surface area (Å²) in [5.41, 5.74) is 4.82. The van der Waals surface area contributed by atoms with E-state index in [1.165, 1.54) is 4.90 Å². The molecular formula is C31H33NO8. The molecular weight excluding hydrogens is 514 g/mol. The number of nitrogens with zero attached hydrogens (tertiary/aromatic N) is 1. The Morgan fingerprint density at radius 1 is 0.925 bits per heavy atom. The number of carboxylic acid groups (broad SMARTS) is 2. The maximum absolute atomic E-state index is 12.9. The minimum atomic E-state index is -0.938. The molecule has 1 amide bonds. The van der Waals surface area contributed by atoms with Crippen molar-refractivity contribution in [2.45, 2.75) is 38.7 Å². The zero-order valence-corrected chi connectivity index (χ0v) is 22.6. The number of fused-ring (bicyclic) bond motifs is 1. The van der Waals surface area contributed by atoms with Crippen molar-refractivity contribution in [1.82, 2.24) is 4.90 Å². The molecule has 0 saturated heterocycles. The lowest BCUT2D eigenvalue weighted by molar-refractivity contribution is -0.138. The summed E-state index contributed by atoms with van der Waals surface area (Å²) in [5, 5.41) is 18.2. The maximum Gasteiger partial charge on any atom is 0.303 e. The molecule has 0 aliphatic carbocycles. The maximum atomic E-state index is 12.9. The summed E-state index contributed by atoms with van der Waals surface area (Å²) in [5.74, 6) is -0.122. The fourth-order valence-corrected chi connectivity index (χ4v) is 4.56. The van der Waals surface area contributed by atoms with Crippen LogP contribution >= 0.6 is 0 Å². The molecule has 1 aliphatic heterocycles. The van der Waals surface area contributed by atoms with E-state index in [1.807, 2.05) is 30.3 Å². The first-order valence-corrected chi connectivity index (χ1v) is 13.1. The van der Waals surface area contributed by atoms with E-state index in [1.54, 1.807) is 32.3 Å². The van der Waals surface area contributed by atoms with Gasteiger partial charge in [0.25, 0.3) is 5.91 Å². The van der Waals surface area contributed by atoms with Crippen LogP contribution in [0.1, 0.15) is 46.3 Å². The van der Waals surface area contributed by atoms with Gasteiger partial charge in [0.05, 0.1) is 13.2 Å². The fraction of sp³-hybridized carbons (Fsp3) is 0.323. The molecule has 0 radical (unpaired) electrons. The van der Waals surface area contributed by atoms with Crippen molar-refractivity contribution in [3.8, 4) is 28.4 Å². The Morgan fingerprint density at radius 2 is 1.73 bits per heavy atom. The van der Waals surface area contributed by atoms with Gasteiger partial charge in [-0.3, -0.25) is 14.4 Å². The van der Waals surface area contributed by atoms with Crippen LogP contribution < -0.4 is 14.2 Å². The summed E-state index contributed by atoms with van der Waals surface area (Å²) in [6.45, 7) is 0.970. The van der Waals surface area contributed by atoms with Crippen LogP contribution in [-0.4, -0.2) is 60.3 Å². The molecule has 0 unspecified atom stereocenters. The van der Waals surface area contributed by atoms with Crippen LogP contribution in [0.4, 0.5) is 0 Å². The lowest BCUT2D eigenvalue weighted by atomic mass is 9.99. The second-order valence-electron chi connectivity index (χ2n) is 9.79. The number of hydrogen-bond acceptors (Lipinski definition) is 6. The van der Waals surface area contributed by atoms with Crippen molar-refractivity contribution < 1.29 is 38.8 Å². The van der Waals surface area contributed by atoms with Gasteiger partial charge in [-0.05, 0) is 71.5 Å². The molecule has 1 heterocycles. The van der Waals surface area contributed by atoms with Crippen LogP contribution in [0.25, 0.3) is 11.1 Å². The number of ether oxygens (including phenoxy) is 3. The van der Waals surface area contributed by atoms with Gasteiger partial charge >= 0.3 is 11.9 Å². The Morgan fingerprint density at radius 3 is 2.48 bits per heavy atom. The Bertz CT molecular complexity index is 1400. The molecule has 0 bridgehead atoms. The smallest absolute Gasteiger partial charge is 0.303 e. The van der Waals surface area contributed by atoms with E-state index < -0.39 is 11.9 Å². The van der Waals surface area contributed by atoms with Gasteiger partial charge in [0.2, 0.25) is 0 Å². The molecule has 0 saturated carbocycles. The largest absolute Gasteiger partial charge is 0.493 e. The predicted octanol–water partition coefficient (Wildman–Crippen LogP) is 4.83. The molecule has 0 fully saturated rings. The Kier molecular flexibility index (Phi) is 9.27. The molecule has 2 N–H and O–H groups in total. The first-order valence-electron chi connectivity index (χ1n) is 13.1. The van der Waals surface area contributed by atoms with Crippen LogP contribution in [0.5, 0.6) is 17.2 Å². The fourth-order valence-electron chi connectivity index (χ4n) is 4.56. The van der Waals surface area contributed by atoms with Crippen molar-refractivity contribution in [2.75, 3.05) is 27.3 Å². The average molecular weight is 548 g/mol. The quantitative estimate of drug-likeness (QED) is 0.292. The van der Waals surface area contributed by atoms with E-state index >= 15 is 0 Å². The van der Waals surface area contributed by atoms with Gasteiger partial charge in [-0.2, -0.15) is 0 Å². The monoisotopic (exact) mass is 547 g/mol. The second-order valence-corrected chi connectivity index (χ2v) is 9.79. The highest BCUT2D eigenvalue weighted by Crippen LogP contribution is 2.33. The Hall–Kier alpha value is -4.53. The van der Waals surface area contributed by atoms with Gasteiger partial charge in [0.15, 0.2) is 0 Å². The molecule has 210 valence electrons. The third-order valence-corrected chi connectivity index (χ3v) is 6.59. The lowest BCUT2D eigenvalue weighted by Crippen LogP contribution is -2.21. The summed E-state index contributed by atoms with van der Waals surface area (Å²) in [6, 6.07) is 16.8. The van der Waals surface area contributed by atoms with Gasteiger partial charge in [-0.25, -0.2) is 0 Å². The van der Waals surface area contributed by atoms with Crippen molar-refractivity contribution in [3.63, 3.8) is 0 Å². The van der Waals surface area contributed by atoms with Crippen LogP contribution in [-0.2, 0) is 29.0 Å². The van der Waals surface area contributed by atoms with Crippen molar-refractivity contribution >= 4 is 17.8 Å². The SMILES string of the molecule is CN(C)C(=O)c1cc(OCc2cccc(OCCCC(=O)O)c2CCC(=O)O)cc(-c2ccc3c(c2)CCO3)c1. The normalized spacial score (nSPS) is 11.8. The van der Waals surface area contributed by atoms with Gasteiger partial charge in [-0.15, -0.1) is 0 Å². The molecule has 3 aromatic rings. The van der Waals surface area contributed by atoms with E-state index in [4.69, 9.17) is 19.3 Å². The highest BCUT2D eigenvalue weighted by atomic mass is 16.5. The molecule has 0 spiro atoms. The number of hydrogen-bond donors (Lipinski definition) is 2. The summed E-state index contributed by atoms with van der Waals surface area (Å²) in [4.78, 5) is 36.6. The van der Waals surface area contributed by atoms with E-state index in [-0.39, 0.29) is 38.4 Å². The number of rotatable bonds is 13. The molecule has 0 atom stereocenters. The van der Waals surface area contributed by atoms with Crippen molar-refractivity contribution in [2.24, 2.45) is 0 Å². The van der Waals surface area contributed by atoms with E-state index in [0.717, 1.165) is 34.4 Å². The van der Waals surface area contributed by atoms with E-state index in [9.17, 15) is 19.5 Å². The molecule has 40 heavy (non-hydrogen) atoms. The van der Waals surface area contributed by atoms with Crippen LogP contribution in [0.3, 0.4) is 0 Å². The molecule has 4 rings (SSSR count). The zero-order chi connectivity index (χ0) is 28.6. The van der Waals surface area contributed by atoms with Crippen LogP contribution in [0, 0.1) is 0 Å². The Labute approximate surface area is 232 Å². The summed E-state index contributed by atoms with van der Waals surface area (Å²) in [6.07, 6.45) is 1.27. The zero-order valence-electron chi connectivity index (χ0n) is 22.6. The lowest BCUT2D eigenvalue weighted by Gasteiger charge is -2.17. The summed E-state index contributed by atoms with van der Waals surface area (Å²) < 4.78 is 17.7. The number of carbonyl (C=O) groups is 3. The number of benzene rings is 3. The summed E-state index contributed by atoms with van der Waals surface area (Å²) >= 11 is 0. The highest BCUT2D eigenvalue weighted by Gasteiger charge is 2.17. The van der Waals surface area contributed by atoms with Gasteiger partial charge < -0.3 is 29.3 Å². The van der Waals surface area contributed by atoms with E-state index in [0.29, 0.717) is 35.7 Å².